The Bertz CT molecular complexity index is 8040. The van der Waals surface area contributed by atoms with Crippen LogP contribution in [0.25, 0.3) is 62.3 Å². The van der Waals surface area contributed by atoms with E-state index in [9.17, 15) is 0 Å². The van der Waals surface area contributed by atoms with Crippen molar-refractivity contribution in [3.63, 3.8) is 0 Å². The van der Waals surface area contributed by atoms with E-state index in [2.05, 4.69) is 283 Å². The summed E-state index contributed by atoms with van der Waals surface area (Å²) in [6.07, 6.45) is 16.9. The number of unbranched alkanes of at least 4 members (excludes halogenated alkanes) is 6. The van der Waals surface area contributed by atoms with Gasteiger partial charge in [-0.25, -0.2) is 0 Å². The number of aromatic nitrogens is 8. The standard InChI is InChI=1S/C121H117N9O12/c1-15-17-19-27-59-121(60-28-20-18-16-2)87-61-73(111-93-51-55-99(126-93)113(75-63-103(131-3)117(139-11)104(64-75)132-4)91-45-38-79(122-91)71-80-39-46-92(123-80)114(100-56-52-94(111)127-100)76-65-105(133-5)118(140-12)106(66-76)134-6)36-43-84(87)85-44-37-74(62-88(85)121)112-95-53-57-101(128-95)115(77-67-107(135-7)119(141-13)108(68-77)136-8)97-49-47-89(124-97)86(42-35-72-33-40-83(41-34-72)130(81-29-23-21-24-30-81)82-31-25-22-26-32-82)90-48-50-98(125-90)116(102-58-54-96(112)129-102)78-69-109(137-9)120(142-14)110(70-78)138-10/h21-26,29-58,61-71,122-129H,15-20,27-28,59-60H2,1-14H3. The molecule has 8 aromatic heterocycles. The molecule has 718 valence electrons. The highest BCUT2D eigenvalue weighted by Crippen LogP contribution is 2.57. The number of nitrogens with one attached hydrogen (secondary N) is 8. The fourth-order valence-corrected chi connectivity index (χ4v) is 21.2. The summed E-state index contributed by atoms with van der Waals surface area (Å²) >= 11 is 0. The highest BCUT2D eigenvalue weighted by Gasteiger charge is 2.44. The molecule has 0 amide bonds. The molecule has 1 aliphatic carbocycles. The van der Waals surface area contributed by atoms with Crippen molar-refractivity contribution in [2.45, 2.75) is 83.5 Å². The molecule has 0 radical (unpaired) electrons. The topological polar surface area (TPSA) is 240 Å². The molecule has 0 unspecified atom stereocenters. The first-order chi connectivity index (χ1) is 69.7. The number of rotatable bonds is 33. The number of fused-ring (bicyclic) bond motifs is 19. The Hall–Kier alpha value is -16.7. The lowest BCUT2D eigenvalue weighted by Crippen LogP contribution is -2.26. The smallest absolute Gasteiger partial charge is 0.203 e. The van der Waals surface area contributed by atoms with Crippen molar-refractivity contribution in [2.75, 3.05) is 90.2 Å². The van der Waals surface area contributed by atoms with Crippen molar-refractivity contribution >= 4 is 68.2 Å². The molecule has 21 heteroatoms. The highest BCUT2D eigenvalue weighted by molar-refractivity contribution is 5.93. The summed E-state index contributed by atoms with van der Waals surface area (Å²) in [5.41, 5.74) is 27.1. The molecule has 9 aromatic carbocycles. The lowest BCUT2D eigenvalue weighted by atomic mass is 9.70. The lowest BCUT2D eigenvalue weighted by Gasteiger charge is -2.33. The van der Waals surface area contributed by atoms with Crippen LogP contribution in [0.15, 0.2) is 273 Å². The summed E-state index contributed by atoms with van der Waals surface area (Å²) in [6.45, 7) is 4.61. The van der Waals surface area contributed by atoms with Gasteiger partial charge in [0.25, 0.3) is 0 Å². The average molecular weight is 1890 g/mol. The number of allylic oxidation sites excluding steroid dienone is 1. The summed E-state index contributed by atoms with van der Waals surface area (Å²) in [6, 6.07) is 95.0. The number of para-hydroxylation sites is 2. The molecule has 0 fully saturated rings. The van der Waals surface area contributed by atoms with Crippen LogP contribution < -0.4 is 105 Å². The minimum atomic E-state index is -0.492. The zero-order chi connectivity index (χ0) is 97.8. The SMILES string of the molecule is CCCCCCC1(CCCCCC)c2cc(C3=c4ccc([nH]4)=C(c4cc(OC)c(OC)c(OC)c4)c4ccc([nH]4)C=c4ccc([nH]4)=C(c4cc(OC)c(OC)c(OC)c4)c4ccc3[nH]4)ccc2-c2ccc(C3=c4ccc([nH]4)=C(c4cc(OC)c(OC)c(OC)c4)c4ccc([nH]4)C(C=Cc4ccc(N(c5ccccc5)c5ccccc5)cc4)=c4ccc([nH]4)=C(c4cc(OC)c(OC)c(OC)c4)c4ccc3[nH]4)cc21. The number of anilines is 3. The van der Waals surface area contributed by atoms with Gasteiger partial charge in [-0.3, -0.25) is 0 Å². The molecule has 142 heavy (non-hydrogen) atoms. The molecule has 21 nitrogen and oxygen atoms in total. The first-order valence-electron chi connectivity index (χ1n) is 48.4. The Morgan fingerprint density at radius 2 is 0.570 bits per heavy atom. The quantitative estimate of drug-likeness (QED) is 0.0179. The number of H-pyrrole nitrogens is 8. The van der Waals surface area contributed by atoms with Gasteiger partial charge in [0.2, 0.25) is 23.0 Å². The molecule has 10 heterocycles. The zero-order valence-corrected chi connectivity index (χ0v) is 82.6. The van der Waals surface area contributed by atoms with E-state index in [0.717, 1.165) is 248 Å². The maximum atomic E-state index is 6.22. The second-order valence-electron chi connectivity index (χ2n) is 36.0. The largest absolute Gasteiger partial charge is 0.493 e. The third-order valence-electron chi connectivity index (χ3n) is 27.9. The van der Waals surface area contributed by atoms with Crippen LogP contribution >= 0.6 is 0 Å². The van der Waals surface area contributed by atoms with Crippen LogP contribution in [-0.4, -0.2) is 125 Å². The van der Waals surface area contributed by atoms with Crippen molar-refractivity contribution in [3.8, 4) is 80.1 Å². The number of ether oxygens (including phenoxy) is 12. The maximum absolute atomic E-state index is 6.22. The van der Waals surface area contributed by atoms with E-state index in [0.29, 0.717) is 69.0 Å². The summed E-state index contributed by atoms with van der Waals surface area (Å²) in [7, 11) is 19.8. The van der Waals surface area contributed by atoms with Gasteiger partial charge in [0, 0.05) is 150 Å². The molecule has 0 saturated heterocycles. The van der Waals surface area contributed by atoms with Crippen molar-refractivity contribution in [3.05, 3.63) is 411 Å². The molecule has 0 spiro atoms. The summed E-state index contributed by atoms with van der Waals surface area (Å²) in [5.74, 6) is 6.05. The van der Waals surface area contributed by atoms with Gasteiger partial charge in [-0.1, -0.05) is 150 Å². The third kappa shape index (κ3) is 17.3. The Kier molecular flexibility index (Phi) is 26.5. The molecule has 20 rings (SSSR count). The second-order valence-corrected chi connectivity index (χ2v) is 36.0. The minimum absolute atomic E-state index is 0.476. The Morgan fingerprint density at radius 1 is 0.254 bits per heavy atom. The second kappa shape index (κ2) is 40.4. The molecule has 8 N–H and O–H groups in total. The van der Waals surface area contributed by atoms with E-state index in [-0.39, 0.29) is 0 Å². The van der Waals surface area contributed by atoms with Crippen LogP contribution in [0.3, 0.4) is 0 Å². The van der Waals surface area contributed by atoms with E-state index >= 15 is 0 Å². The van der Waals surface area contributed by atoms with Gasteiger partial charge in [-0.05, 0) is 274 Å². The van der Waals surface area contributed by atoms with Crippen LogP contribution in [0.5, 0.6) is 69.0 Å². The predicted octanol–water partition coefficient (Wildman–Crippen LogP) is 19.9. The average Bonchev–Trinajstić information content (AvgIpc) is 1.55. The highest BCUT2D eigenvalue weighted by atomic mass is 16.6. The normalized spacial score (nSPS) is 13.0. The Morgan fingerprint density at radius 3 is 0.937 bits per heavy atom. The van der Waals surface area contributed by atoms with Gasteiger partial charge in [-0.15, -0.1) is 0 Å². The van der Waals surface area contributed by atoms with E-state index < -0.39 is 5.41 Å². The first-order valence-corrected chi connectivity index (χ1v) is 48.4. The van der Waals surface area contributed by atoms with Gasteiger partial charge >= 0.3 is 0 Å². The minimum Gasteiger partial charge on any atom is -0.493 e. The van der Waals surface area contributed by atoms with Crippen molar-refractivity contribution in [1.82, 2.24) is 39.9 Å². The monoisotopic (exact) mass is 1890 g/mol. The van der Waals surface area contributed by atoms with Gasteiger partial charge in [0.1, 0.15) is 0 Å². The molecule has 3 aliphatic rings. The van der Waals surface area contributed by atoms with Crippen molar-refractivity contribution < 1.29 is 56.8 Å². The first kappa shape index (κ1) is 93.0. The number of hydrogen-bond donors (Lipinski definition) is 8. The number of aromatic amines is 8. The van der Waals surface area contributed by atoms with Gasteiger partial charge in [-0.2, -0.15) is 0 Å². The van der Waals surface area contributed by atoms with Crippen LogP contribution in [0.1, 0.15) is 174 Å². The molecule has 2 aliphatic heterocycles. The third-order valence-corrected chi connectivity index (χ3v) is 27.9. The lowest BCUT2D eigenvalue weighted by molar-refractivity contribution is 0.324. The van der Waals surface area contributed by atoms with Crippen molar-refractivity contribution in [1.29, 1.82) is 0 Å². The van der Waals surface area contributed by atoms with E-state index in [1.807, 2.05) is 60.7 Å². The van der Waals surface area contributed by atoms with Crippen molar-refractivity contribution in [2.24, 2.45) is 0 Å². The van der Waals surface area contributed by atoms with Crippen LogP contribution in [0.2, 0.25) is 0 Å². The van der Waals surface area contributed by atoms with Gasteiger partial charge in [0.05, 0.1) is 85.3 Å². The molecule has 0 saturated carbocycles. The van der Waals surface area contributed by atoms with E-state index in [1.54, 1.807) is 85.3 Å². The molecular weight excluding hydrogens is 1770 g/mol. The van der Waals surface area contributed by atoms with Gasteiger partial charge < -0.3 is 102 Å². The molecule has 16 bridgehead atoms. The number of benzene rings is 9. The maximum Gasteiger partial charge on any atom is 0.203 e. The zero-order valence-electron chi connectivity index (χ0n) is 82.6. The molecular formula is C121H117N9O12. The number of hydrogen-bond acceptors (Lipinski definition) is 13. The number of nitrogens with zero attached hydrogens (tertiary/aromatic N) is 1. The summed E-state index contributed by atoms with van der Waals surface area (Å²) in [4.78, 5) is 34.4. The Labute approximate surface area is 825 Å². The van der Waals surface area contributed by atoms with Crippen LogP contribution in [0.4, 0.5) is 17.1 Å². The summed E-state index contributed by atoms with van der Waals surface area (Å²) < 4.78 is 73.3. The fourth-order valence-electron chi connectivity index (χ4n) is 21.2. The van der Waals surface area contributed by atoms with Crippen LogP contribution in [-0.2, 0) is 5.41 Å². The number of methoxy groups -OCH3 is 12. The molecule has 0 atom stereocenters. The molecule has 17 aromatic rings. The fraction of sp³-hybridized carbons (Fsp3) is 0.207. The van der Waals surface area contributed by atoms with E-state index in [1.165, 1.54) is 22.3 Å². The van der Waals surface area contributed by atoms with Crippen LogP contribution in [0, 0.1) is 0 Å². The predicted molar refractivity (Wildman–Crippen MR) is 564 cm³/mol. The van der Waals surface area contributed by atoms with Gasteiger partial charge in [0.15, 0.2) is 46.0 Å². The Balaban J connectivity index is 0.818. The summed E-state index contributed by atoms with van der Waals surface area (Å²) in [5, 5.41) is 6.82. The van der Waals surface area contributed by atoms with E-state index in [4.69, 9.17) is 56.8 Å².